The molecule has 1 aliphatic rings. The predicted molar refractivity (Wildman–Crippen MR) is 79.6 cm³/mol. The Morgan fingerprint density at radius 2 is 2.11 bits per heavy atom. The summed E-state index contributed by atoms with van der Waals surface area (Å²) in [4.78, 5) is 0. The molecular formula is C15H21Cl2N. The van der Waals surface area contributed by atoms with Gasteiger partial charge in [0.05, 0.1) is 10.0 Å². The lowest BCUT2D eigenvalue weighted by Gasteiger charge is -2.21. The second-order valence-corrected chi connectivity index (χ2v) is 5.95. The van der Waals surface area contributed by atoms with E-state index in [4.69, 9.17) is 23.2 Å². The fourth-order valence-electron chi connectivity index (χ4n) is 2.87. The summed E-state index contributed by atoms with van der Waals surface area (Å²) in [5, 5.41) is 5.07. The highest BCUT2D eigenvalue weighted by Gasteiger charge is 2.27. The standard InChI is InChI=1S/C15H21Cl2N/c1-2-9-18-14-8-4-5-11(14)10-12-6-3-7-13(16)15(12)17/h3,6-7,11,14,18H,2,4-5,8-10H2,1H3. The molecule has 0 amide bonds. The first-order chi connectivity index (χ1) is 8.72. The van der Waals surface area contributed by atoms with Crippen molar-refractivity contribution in [1.29, 1.82) is 0 Å². The minimum absolute atomic E-state index is 0.653. The highest BCUT2D eigenvalue weighted by atomic mass is 35.5. The molecule has 0 aromatic heterocycles. The van der Waals surface area contributed by atoms with Crippen LogP contribution in [0.3, 0.4) is 0 Å². The molecule has 0 saturated heterocycles. The lowest BCUT2D eigenvalue weighted by molar-refractivity contribution is 0.399. The molecule has 2 rings (SSSR count). The average molecular weight is 286 g/mol. The Hall–Kier alpha value is -0.240. The first-order valence-electron chi connectivity index (χ1n) is 6.88. The van der Waals surface area contributed by atoms with Crippen molar-refractivity contribution < 1.29 is 0 Å². The molecule has 0 radical (unpaired) electrons. The molecule has 3 heteroatoms. The van der Waals surface area contributed by atoms with E-state index in [0.717, 1.165) is 18.0 Å². The molecule has 0 heterocycles. The van der Waals surface area contributed by atoms with Gasteiger partial charge in [-0.05, 0) is 49.8 Å². The molecule has 18 heavy (non-hydrogen) atoms. The van der Waals surface area contributed by atoms with Gasteiger partial charge in [-0.3, -0.25) is 0 Å². The third-order valence-corrected chi connectivity index (χ3v) is 4.69. The van der Waals surface area contributed by atoms with E-state index in [2.05, 4.69) is 18.3 Å². The second-order valence-electron chi connectivity index (χ2n) is 5.17. The maximum Gasteiger partial charge on any atom is 0.0624 e. The van der Waals surface area contributed by atoms with Gasteiger partial charge in [0.2, 0.25) is 0 Å². The first kappa shape index (κ1) is 14.2. The molecule has 1 saturated carbocycles. The Morgan fingerprint density at radius 3 is 2.89 bits per heavy atom. The van der Waals surface area contributed by atoms with Gasteiger partial charge in [0.25, 0.3) is 0 Å². The van der Waals surface area contributed by atoms with Crippen molar-refractivity contribution >= 4 is 23.2 Å². The predicted octanol–water partition coefficient (Wildman–Crippen LogP) is 4.70. The van der Waals surface area contributed by atoms with Crippen LogP contribution in [0.5, 0.6) is 0 Å². The molecule has 1 aromatic carbocycles. The second kappa shape index (κ2) is 6.79. The molecule has 1 nitrogen and oxygen atoms in total. The number of hydrogen-bond acceptors (Lipinski definition) is 1. The number of benzene rings is 1. The first-order valence-corrected chi connectivity index (χ1v) is 7.64. The van der Waals surface area contributed by atoms with Gasteiger partial charge in [-0.1, -0.05) is 48.7 Å². The number of hydrogen-bond donors (Lipinski definition) is 1. The molecule has 1 aromatic rings. The van der Waals surface area contributed by atoms with E-state index in [1.165, 1.54) is 31.2 Å². The van der Waals surface area contributed by atoms with E-state index < -0.39 is 0 Å². The van der Waals surface area contributed by atoms with Crippen LogP contribution in [0.4, 0.5) is 0 Å². The van der Waals surface area contributed by atoms with Crippen LogP contribution in [0.1, 0.15) is 38.2 Å². The number of rotatable bonds is 5. The molecule has 2 unspecified atom stereocenters. The summed E-state index contributed by atoms with van der Waals surface area (Å²) >= 11 is 12.3. The lowest BCUT2D eigenvalue weighted by Crippen LogP contribution is -2.33. The summed E-state index contributed by atoms with van der Waals surface area (Å²) in [5.74, 6) is 0.701. The van der Waals surface area contributed by atoms with Crippen molar-refractivity contribution in [3.05, 3.63) is 33.8 Å². The van der Waals surface area contributed by atoms with Crippen molar-refractivity contribution in [2.45, 2.75) is 45.1 Å². The quantitative estimate of drug-likeness (QED) is 0.827. The Balaban J connectivity index is 2.01. The monoisotopic (exact) mass is 285 g/mol. The van der Waals surface area contributed by atoms with Gasteiger partial charge < -0.3 is 5.32 Å². The fraction of sp³-hybridized carbons (Fsp3) is 0.600. The van der Waals surface area contributed by atoms with Crippen LogP contribution < -0.4 is 5.32 Å². The van der Waals surface area contributed by atoms with Crippen LogP contribution >= 0.6 is 23.2 Å². The molecule has 2 atom stereocenters. The third-order valence-electron chi connectivity index (χ3n) is 3.83. The summed E-state index contributed by atoms with van der Waals surface area (Å²) in [6, 6.07) is 6.60. The molecule has 0 spiro atoms. The van der Waals surface area contributed by atoms with Crippen LogP contribution in [0.2, 0.25) is 10.0 Å². The maximum absolute atomic E-state index is 6.27. The maximum atomic E-state index is 6.27. The van der Waals surface area contributed by atoms with Crippen molar-refractivity contribution in [1.82, 2.24) is 5.32 Å². The van der Waals surface area contributed by atoms with E-state index in [1.807, 2.05) is 12.1 Å². The summed E-state index contributed by atoms with van der Waals surface area (Å²) in [7, 11) is 0. The van der Waals surface area contributed by atoms with Gasteiger partial charge >= 0.3 is 0 Å². The van der Waals surface area contributed by atoms with Crippen LogP contribution in [-0.2, 0) is 6.42 Å². The molecule has 100 valence electrons. The van der Waals surface area contributed by atoms with Gasteiger partial charge in [0, 0.05) is 6.04 Å². The zero-order valence-electron chi connectivity index (χ0n) is 10.9. The molecule has 0 bridgehead atoms. The van der Waals surface area contributed by atoms with Crippen LogP contribution in [-0.4, -0.2) is 12.6 Å². The summed E-state index contributed by atoms with van der Waals surface area (Å²) in [5.41, 5.74) is 1.19. The third kappa shape index (κ3) is 3.40. The van der Waals surface area contributed by atoms with Crippen molar-refractivity contribution in [2.75, 3.05) is 6.54 Å². The molecule has 0 aliphatic heterocycles. The Kier molecular flexibility index (Phi) is 5.35. The highest BCUT2D eigenvalue weighted by molar-refractivity contribution is 6.42. The topological polar surface area (TPSA) is 12.0 Å². The Bertz CT molecular complexity index is 392. The minimum Gasteiger partial charge on any atom is -0.314 e. The molecule has 1 N–H and O–H groups in total. The van der Waals surface area contributed by atoms with E-state index in [1.54, 1.807) is 0 Å². The molecule has 1 aliphatic carbocycles. The van der Waals surface area contributed by atoms with Gasteiger partial charge in [-0.25, -0.2) is 0 Å². The van der Waals surface area contributed by atoms with E-state index in [-0.39, 0.29) is 0 Å². The van der Waals surface area contributed by atoms with Crippen LogP contribution in [0.25, 0.3) is 0 Å². The molecular weight excluding hydrogens is 265 g/mol. The number of nitrogens with one attached hydrogen (secondary N) is 1. The van der Waals surface area contributed by atoms with Gasteiger partial charge in [0.15, 0.2) is 0 Å². The number of halogens is 2. The van der Waals surface area contributed by atoms with Crippen LogP contribution in [0.15, 0.2) is 18.2 Å². The van der Waals surface area contributed by atoms with Gasteiger partial charge in [-0.2, -0.15) is 0 Å². The van der Waals surface area contributed by atoms with Gasteiger partial charge in [0.1, 0.15) is 0 Å². The fourth-order valence-corrected chi connectivity index (χ4v) is 3.27. The van der Waals surface area contributed by atoms with E-state index >= 15 is 0 Å². The van der Waals surface area contributed by atoms with E-state index in [0.29, 0.717) is 17.0 Å². The lowest BCUT2D eigenvalue weighted by atomic mass is 9.94. The largest absolute Gasteiger partial charge is 0.314 e. The minimum atomic E-state index is 0.653. The van der Waals surface area contributed by atoms with Crippen molar-refractivity contribution in [3.8, 4) is 0 Å². The zero-order chi connectivity index (χ0) is 13.0. The SMILES string of the molecule is CCCNC1CCCC1Cc1cccc(Cl)c1Cl. The normalized spacial score (nSPS) is 23.5. The van der Waals surface area contributed by atoms with Crippen molar-refractivity contribution in [3.63, 3.8) is 0 Å². The van der Waals surface area contributed by atoms with Crippen LogP contribution in [0, 0.1) is 5.92 Å². The zero-order valence-corrected chi connectivity index (χ0v) is 12.4. The Morgan fingerprint density at radius 1 is 1.28 bits per heavy atom. The van der Waals surface area contributed by atoms with Crippen molar-refractivity contribution in [2.24, 2.45) is 5.92 Å². The van der Waals surface area contributed by atoms with Gasteiger partial charge in [-0.15, -0.1) is 0 Å². The summed E-state index contributed by atoms with van der Waals surface area (Å²) in [6.07, 6.45) is 6.15. The summed E-state index contributed by atoms with van der Waals surface area (Å²) < 4.78 is 0. The highest BCUT2D eigenvalue weighted by Crippen LogP contribution is 2.33. The summed E-state index contributed by atoms with van der Waals surface area (Å²) in [6.45, 7) is 3.33. The average Bonchev–Trinajstić information content (AvgIpc) is 2.80. The Labute approximate surface area is 120 Å². The molecule has 1 fully saturated rings. The smallest absolute Gasteiger partial charge is 0.0624 e. The van der Waals surface area contributed by atoms with E-state index in [9.17, 15) is 0 Å².